The number of phenols is 1. The molecule has 2 aliphatic rings. The van der Waals surface area contributed by atoms with Gasteiger partial charge in [-0.25, -0.2) is 0 Å². The van der Waals surface area contributed by atoms with Crippen molar-refractivity contribution < 1.29 is 9.90 Å². The van der Waals surface area contributed by atoms with Gasteiger partial charge in [0.25, 0.3) is 5.91 Å². The molecule has 7 nitrogen and oxygen atoms in total. The Morgan fingerprint density at radius 3 is 2.18 bits per heavy atom. The first-order valence-electron chi connectivity index (χ1n) is 14.2. The number of fused-ring (bicyclic) bond motifs is 1. The summed E-state index contributed by atoms with van der Waals surface area (Å²) >= 11 is 0. The van der Waals surface area contributed by atoms with Gasteiger partial charge in [0.15, 0.2) is 0 Å². The maximum absolute atomic E-state index is 13.4. The number of aryl methyl sites for hydroxylation is 2. The first-order valence-corrected chi connectivity index (χ1v) is 14.2. The van der Waals surface area contributed by atoms with Gasteiger partial charge in [-0.2, -0.15) is 0 Å². The molecule has 3 aromatic rings. The van der Waals surface area contributed by atoms with E-state index in [0.717, 1.165) is 77.3 Å². The van der Waals surface area contributed by atoms with Crippen molar-refractivity contribution in [1.29, 1.82) is 0 Å². The summed E-state index contributed by atoms with van der Waals surface area (Å²) in [6.45, 7) is 15.5. The Morgan fingerprint density at radius 1 is 0.816 bits per heavy atom. The largest absolute Gasteiger partial charge is 0.508 e. The lowest BCUT2D eigenvalue weighted by atomic mass is 10.1. The average Bonchev–Trinajstić information content (AvgIpc) is 3.18. The number of carbonyl (C=O) groups excluding carboxylic acids is 1. The zero-order valence-electron chi connectivity index (χ0n) is 23.3. The molecule has 0 aliphatic carbocycles. The smallest absolute Gasteiger partial charge is 0.253 e. The molecule has 1 N–H and O–H groups in total. The molecule has 0 bridgehead atoms. The highest BCUT2D eigenvalue weighted by Crippen LogP contribution is 2.27. The van der Waals surface area contributed by atoms with Crippen molar-refractivity contribution in [2.75, 3.05) is 72.5 Å². The lowest BCUT2D eigenvalue weighted by Gasteiger charge is -2.34. The van der Waals surface area contributed by atoms with Crippen LogP contribution in [0.25, 0.3) is 10.9 Å². The second-order valence-corrected chi connectivity index (χ2v) is 11.1. The van der Waals surface area contributed by atoms with Crippen LogP contribution in [0, 0.1) is 13.8 Å². The number of amides is 1. The quantitative estimate of drug-likeness (QED) is 0.495. The van der Waals surface area contributed by atoms with Crippen molar-refractivity contribution in [3.8, 4) is 5.75 Å². The number of hydrogen-bond donors (Lipinski definition) is 1. The summed E-state index contributed by atoms with van der Waals surface area (Å²) in [6.07, 6.45) is 2.10. The molecule has 7 heteroatoms. The topological polar surface area (TPSA) is 55.2 Å². The van der Waals surface area contributed by atoms with E-state index >= 15 is 0 Å². The zero-order chi connectivity index (χ0) is 26.6. The fourth-order valence-electron chi connectivity index (χ4n) is 5.90. The molecule has 0 spiro atoms. The fourth-order valence-corrected chi connectivity index (χ4v) is 5.90. The molecule has 2 saturated heterocycles. The van der Waals surface area contributed by atoms with Crippen molar-refractivity contribution in [1.82, 2.24) is 24.2 Å². The number of phenolic OH excluding ortho intramolecular Hbond substituents is 1. The predicted molar refractivity (Wildman–Crippen MR) is 154 cm³/mol. The zero-order valence-corrected chi connectivity index (χ0v) is 23.3. The average molecular weight is 518 g/mol. The summed E-state index contributed by atoms with van der Waals surface area (Å²) in [5.41, 5.74) is 5.87. The second-order valence-electron chi connectivity index (χ2n) is 11.1. The maximum Gasteiger partial charge on any atom is 0.253 e. The molecule has 3 heterocycles. The molecule has 1 aromatic heterocycles. The molecule has 2 aliphatic heterocycles. The van der Waals surface area contributed by atoms with Crippen molar-refractivity contribution in [2.24, 2.45) is 0 Å². The molecular weight excluding hydrogens is 474 g/mol. The Bertz CT molecular complexity index is 1240. The number of likely N-dealkylation sites (N-methyl/N-ethyl adjacent to an activating group) is 1. The number of aromatic nitrogens is 1. The lowest BCUT2D eigenvalue weighted by molar-refractivity contribution is 0.0638. The number of rotatable bonds is 8. The number of carbonyl (C=O) groups is 1. The van der Waals surface area contributed by atoms with Crippen LogP contribution in [-0.2, 0) is 13.0 Å². The summed E-state index contributed by atoms with van der Waals surface area (Å²) in [5, 5.41) is 10.7. The van der Waals surface area contributed by atoms with Gasteiger partial charge in [-0.05, 0) is 81.7 Å². The van der Waals surface area contributed by atoms with Crippen LogP contribution >= 0.6 is 0 Å². The standard InChI is InChI=1S/C31H43N5O2/c1-24-25(2)36(13-4-12-33-17-15-32(3)16-18-33)30-10-7-27(23-29(24)30)31(38)35-21-19-34(20-22-35)14-11-26-5-8-28(37)9-6-26/h5-10,23,37H,4,11-22H2,1-3H3. The molecule has 204 valence electrons. The predicted octanol–water partition coefficient (Wildman–Crippen LogP) is 3.60. The van der Waals surface area contributed by atoms with Crippen molar-refractivity contribution in [2.45, 2.75) is 33.2 Å². The highest BCUT2D eigenvalue weighted by Gasteiger charge is 2.23. The van der Waals surface area contributed by atoms with Crippen LogP contribution in [0.3, 0.4) is 0 Å². The number of piperazine rings is 2. The first-order chi connectivity index (χ1) is 18.4. The van der Waals surface area contributed by atoms with E-state index in [0.29, 0.717) is 5.75 Å². The van der Waals surface area contributed by atoms with Crippen LogP contribution in [-0.4, -0.2) is 108 Å². The molecule has 2 fully saturated rings. The van der Waals surface area contributed by atoms with Gasteiger partial charge < -0.3 is 24.4 Å². The normalized spacial score (nSPS) is 17.9. The minimum Gasteiger partial charge on any atom is -0.508 e. The molecule has 5 rings (SSSR count). The molecule has 0 atom stereocenters. The van der Waals surface area contributed by atoms with E-state index in [1.165, 1.54) is 40.8 Å². The number of benzene rings is 2. The van der Waals surface area contributed by atoms with Crippen LogP contribution in [0.5, 0.6) is 5.75 Å². The monoisotopic (exact) mass is 517 g/mol. The summed E-state index contributed by atoms with van der Waals surface area (Å²) in [6, 6.07) is 13.8. The summed E-state index contributed by atoms with van der Waals surface area (Å²) in [4.78, 5) is 22.8. The van der Waals surface area contributed by atoms with Crippen molar-refractivity contribution in [3.63, 3.8) is 0 Å². The van der Waals surface area contributed by atoms with Gasteiger partial charge in [0, 0.05) is 87.6 Å². The van der Waals surface area contributed by atoms with E-state index in [4.69, 9.17) is 0 Å². The third-order valence-electron chi connectivity index (χ3n) is 8.65. The van der Waals surface area contributed by atoms with Crippen LogP contribution in [0.2, 0.25) is 0 Å². The van der Waals surface area contributed by atoms with Crippen LogP contribution in [0.4, 0.5) is 0 Å². The Balaban J connectivity index is 1.16. The Hall–Kier alpha value is -2.87. The number of hydrogen-bond acceptors (Lipinski definition) is 5. The third-order valence-corrected chi connectivity index (χ3v) is 8.65. The van der Waals surface area contributed by atoms with Crippen molar-refractivity contribution >= 4 is 16.8 Å². The first kappa shape index (κ1) is 26.7. The Labute approximate surface area is 227 Å². The molecular formula is C31H43N5O2. The van der Waals surface area contributed by atoms with E-state index < -0.39 is 0 Å². The van der Waals surface area contributed by atoms with Gasteiger partial charge in [0.1, 0.15) is 5.75 Å². The molecule has 0 unspecified atom stereocenters. The summed E-state index contributed by atoms with van der Waals surface area (Å²) in [7, 11) is 2.20. The summed E-state index contributed by atoms with van der Waals surface area (Å²) in [5.74, 6) is 0.451. The molecule has 38 heavy (non-hydrogen) atoms. The highest BCUT2D eigenvalue weighted by molar-refractivity contribution is 5.99. The lowest BCUT2D eigenvalue weighted by Crippen LogP contribution is -2.49. The minimum atomic E-state index is 0.143. The number of aromatic hydroxyl groups is 1. The molecule has 1 amide bonds. The van der Waals surface area contributed by atoms with Gasteiger partial charge in [-0.1, -0.05) is 12.1 Å². The van der Waals surface area contributed by atoms with E-state index in [9.17, 15) is 9.90 Å². The van der Waals surface area contributed by atoms with Gasteiger partial charge in [-0.15, -0.1) is 0 Å². The van der Waals surface area contributed by atoms with Gasteiger partial charge in [0.2, 0.25) is 0 Å². The van der Waals surface area contributed by atoms with Gasteiger partial charge in [-0.3, -0.25) is 9.69 Å². The maximum atomic E-state index is 13.4. The Morgan fingerprint density at radius 2 is 1.47 bits per heavy atom. The van der Waals surface area contributed by atoms with E-state index in [1.54, 1.807) is 12.1 Å². The van der Waals surface area contributed by atoms with Crippen LogP contribution < -0.4 is 0 Å². The van der Waals surface area contributed by atoms with E-state index in [1.807, 2.05) is 23.1 Å². The van der Waals surface area contributed by atoms with Crippen LogP contribution in [0.15, 0.2) is 42.5 Å². The second kappa shape index (κ2) is 11.9. The molecule has 0 radical (unpaired) electrons. The highest BCUT2D eigenvalue weighted by atomic mass is 16.3. The third kappa shape index (κ3) is 6.06. The molecule has 0 saturated carbocycles. The fraction of sp³-hybridized carbons (Fsp3) is 0.516. The van der Waals surface area contributed by atoms with Gasteiger partial charge in [0.05, 0.1) is 0 Å². The number of nitrogens with zero attached hydrogens (tertiary/aromatic N) is 5. The van der Waals surface area contributed by atoms with Crippen molar-refractivity contribution in [3.05, 3.63) is 64.8 Å². The molecule has 2 aromatic carbocycles. The summed E-state index contributed by atoms with van der Waals surface area (Å²) < 4.78 is 2.45. The van der Waals surface area contributed by atoms with Gasteiger partial charge >= 0.3 is 0 Å². The van der Waals surface area contributed by atoms with E-state index in [2.05, 4.69) is 52.3 Å². The Kier molecular flexibility index (Phi) is 8.36. The van der Waals surface area contributed by atoms with E-state index in [-0.39, 0.29) is 5.91 Å². The SMILES string of the molecule is Cc1c(C)n(CCCN2CCN(C)CC2)c2ccc(C(=O)N3CCN(CCc4ccc(O)cc4)CC3)cc12. The van der Waals surface area contributed by atoms with Crippen LogP contribution in [0.1, 0.15) is 33.6 Å². The minimum absolute atomic E-state index is 0.143.